The summed E-state index contributed by atoms with van der Waals surface area (Å²) in [6.07, 6.45) is 12.6. The van der Waals surface area contributed by atoms with E-state index in [1.807, 2.05) is 22.8 Å². The fourth-order valence-electron chi connectivity index (χ4n) is 4.70. The van der Waals surface area contributed by atoms with Crippen molar-refractivity contribution in [2.45, 2.75) is 44.2 Å². The van der Waals surface area contributed by atoms with E-state index in [4.69, 9.17) is 4.74 Å². The number of hydrogen-bond donors (Lipinski definition) is 2. The van der Waals surface area contributed by atoms with E-state index < -0.39 is 0 Å². The van der Waals surface area contributed by atoms with Gasteiger partial charge in [-0.15, -0.1) is 0 Å². The zero-order chi connectivity index (χ0) is 18.3. The molecule has 2 aromatic heterocycles. The number of nitrogens with one attached hydrogen (secondary N) is 2. The molecule has 2 aliphatic carbocycles. The molecule has 7 heteroatoms. The molecule has 4 unspecified atom stereocenters. The molecule has 1 aliphatic heterocycles. The molecular weight excluding hydrogens is 342 g/mol. The lowest BCUT2D eigenvalue weighted by Crippen LogP contribution is -2.45. The molecule has 2 aromatic rings. The van der Waals surface area contributed by atoms with Crippen LogP contribution in [0, 0.1) is 11.3 Å². The summed E-state index contributed by atoms with van der Waals surface area (Å²) in [4.78, 5) is 17.2. The Balaban J connectivity index is 1.16. The summed E-state index contributed by atoms with van der Waals surface area (Å²) in [7, 11) is 0. The van der Waals surface area contributed by atoms with Crippen LogP contribution in [0.2, 0.25) is 0 Å². The zero-order valence-electron chi connectivity index (χ0n) is 15.3. The van der Waals surface area contributed by atoms with Gasteiger partial charge in [0.1, 0.15) is 11.8 Å². The molecule has 1 saturated carbocycles. The van der Waals surface area contributed by atoms with Crippen LogP contribution >= 0.6 is 0 Å². The lowest BCUT2D eigenvalue weighted by Gasteiger charge is -2.28. The Morgan fingerprint density at radius 3 is 3.33 bits per heavy atom. The Morgan fingerprint density at radius 1 is 1.41 bits per heavy atom. The minimum Gasteiger partial charge on any atom is -0.373 e. The van der Waals surface area contributed by atoms with Gasteiger partial charge in [0.25, 0.3) is 0 Å². The van der Waals surface area contributed by atoms with Gasteiger partial charge in [0.05, 0.1) is 18.1 Å². The maximum Gasteiger partial charge on any atom is 0.229 e. The lowest BCUT2D eigenvalue weighted by atomic mass is 9.78. The molecule has 0 spiro atoms. The number of nitrogens with zero attached hydrogens (tertiary/aromatic N) is 3. The zero-order valence-corrected chi connectivity index (χ0v) is 15.3. The van der Waals surface area contributed by atoms with Crippen LogP contribution in [0.3, 0.4) is 0 Å². The van der Waals surface area contributed by atoms with E-state index in [1.165, 1.54) is 0 Å². The predicted molar refractivity (Wildman–Crippen MR) is 101 cm³/mol. The second-order valence-electron chi connectivity index (χ2n) is 8.14. The van der Waals surface area contributed by atoms with Crippen LogP contribution in [0.15, 0.2) is 36.8 Å². The van der Waals surface area contributed by atoms with Crippen molar-refractivity contribution < 1.29 is 9.53 Å². The number of hydrogen-bond acceptors (Lipinski definition) is 5. The molecule has 3 heterocycles. The van der Waals surface area contributed by atoms with Gasteiger partial charge < -0.3 is 15.4 Å². The van der Waals surface area contributed by atoms with E-state index in [1.54, 1.807) is 6.33 Å². The number of allylic oxidation sites excluding steroid dienone is 1. The molecule has 1 saturated heterocycles. The first-order valence-electron chi connectivity index (χ1n) is 9.83. The van der Waals surface area contributed by atoms with Gasteiger partial charge in [-0.2, -0.15) is 5.10 Å². The van der Waals surface area contributed by atoms with Gasteiger partial charge in [0.15, 0.2) is 5.82 Å². The Bertz CT molecular complexity index is 878. The summed E-state index contributed by atoms with van der Waals surface area (Å²) >= 11 is 0. The second kappa shape index (κ2) is 6.64. The molecule has 27 heavy (non-hydrogen) atoms. The molecule has 0 radical (unpaired) electrons. The summed E-state index contributed by atoms with van der Waals surface area (Å²) in [5.41, 5.74) is 0.651. The molecular formula is C20H25N5O2. The van der Waals surface area contributed by atoms with Crippen LogP contribution in [0.1, 0.15) is 32.1 Å². The van der Waals surface area contributed by atoms with Crippen molar-refractivity contribution in [3.8, 4) is 0 Å². The first kappa shape index (κ1) is 16.7. The molecule has 5 rings (SSSR count). The standard InChI is InChI=1S/C20H25N5O2/c26-19(20-7-1-3-16(10-20)27-12-20)24-15-6-5-14(9-15)11-21-18-17-4-2-8-25(17)23-13-22-18/h1-4,8,13-16H,5-7,9-12H2,(H,24,26)(H,21,22,23). The Kier molecular flexibility index (Phi) is 4.11. The van der Waals surface area contributed by atoms with Crippen molar-refractivity contribution in [2.75, 3.05) is 18.5 Å². The van der Waals surface area contributed by atoms with Gasteiger partial charge in [0, 0.05) is 18.8 Å². The summed E-state index contributed by atoms with van der Waals surface area (Å²) in [5, 5.41) is 11.0. The van der Waals surface area contributed by atoms with Crippen molar-refractivity contribution >= 4 is 17.2 Å². The maximum absolute atomic E-state index is 12.9. The van der Waals surface area contributed by atoms with Crippen LogP contribution in [0.5, 0.6) is 0 Å². The quantitative estimate of drug-likeness (QED) is 0.792. The lowest BCUT2D eigenvalue weighted by molar-refractivity contribution is -0.131. The van der Waals surface area contributed by atoms with Gasteiger partial charge in [-0.1, -0.05) is 12.2 Å². The minimum absolute atomic E-state index is 0.129. The Hall–Kier alpha value is -2.41. The summed E-state index contributed by atoms with van der Waals surface area (Å²) < 4.78 is 7.55. The Morgan fingerprint density at radius 2 is 2.37 bits per heavy atom. The average Bonchev–Trinajstić information content (AvgIpc) is 3.40. The molecule has 142 valence electrons. The van der Waals surface area contributed by atoms with E-state index in [0.717, 1.165) is 50.0 Å². The largest absolute Gasteiger partial charge is 0.373 e. The van der Waals surface area contributed by atoms with E-state index in [0.29, 0.717) is 12.5 Å². The van der Waals surface area contributed by atoms with Crippen molar-refractivity contribution in [1.29, 1.82) is 0 Å². The first-order chi connectivity index (χ1) is 13.2. The van der Waals surface area contributed by atoms with Crippen molar-refractivity contribution in [3.05, 3.63) is 36.8 Å². The number of rotatable bonds is 5. The van der Waals surface area contributed by atoms with Gasteiger partial charge in [-0.25, -0.2) is 9.50 Å². The molecule has 2 N–H and O–H groups in total. The maximum atomic E-state index is 12.9. The molecule has 4 atom stereocenters. The van der Waals surface area contributed by atoms with Crippen LogP contribution in [0.25, 0.3) is 5.52 Å². The number of ether oxygens (including phenoxy) is 1. The normalized spacial score (nSPS) is 32.1. The first-order valence-corrected chi connectivity index (χ1v) is 9.83. The summed E-state index contributed by atoms with van der Waals surface area (Å²) in [6, 6.07) is 4.24. The number of amides is 1. The highest BCUT2D eigenvalue weighted by Gasteiger charge is 2.47. The number of carbonyl (C=O) groups is 1. The number of carbonyl (C=O) groups excluding carboxylic acids is 1. The molecule has 1 amide bonds. The monoisotopic (exact) mass is 367 g/mol. The SMILES string of the molecule is O=C(NC1CCC(CNc2ncnn3cccc23)C1)C12CC=CC(C1)OC2. The van der Waals surface area contributed by atoms with Gasteiger partial charge in [-0.3, -0.25) is 4.79 Å². The highest BCUT2D eigenvalue weighted by atomic mass is 16.5. The third kappa shape index (κ3) is 3.10. The van der Waals surface area contributed by atoms with Gasteiger partial charge in [-0.05, 0) is 50.2 Å². The highest BCUT2D eigenvalue weighted by Crippen LogP contribution is 2.41. The highest BCUT2D eigenvalue weighted by molar-refractivity contribution is 5.84. The van der Waals surface area contributed by atoms with Crippen molar-refractivity contribution in [2.24, 2.45) is 11.3 Å². The smallest absolute Gasteiger partial charge is 0.229 e. The number of fused-ring (bicyclic) bond motifs is 3. The summed E-state index contributed by atoms with van der Waals surface area (Å²) in [6.45, 7) is 1.42. The fourth-order valence-corrected chi connectivity index (χ4v) is 4.70. The molecule has 0 aromatic carbocycles. The van der Waals surface area contributed by atoms with Crippen molar-refractivity contribution in [1.82, 2.24) is 19.9 Å². The second-order valence-corrected chi connectivity index (χ2v) is 8.14. The molecule has 2 bridgehead atoms. The number of aromatic nitrogens is 3. The van der Waals surface area contributed by atoms with Crippen LogP contribution < -0.4 is 10.6 Å². The molecule has 2 fully saturated rings. The van der Waals surface area contributed by atoms with Crippen LogP contribution in [-0.4, -0.2) is 45.8 Å². The average molecular weight is 367 g/mol. The molecule has 3 aliphatic rings. The van der Waals surface area contributed by atoms with Crippen molar-refractivity contribution in [3.63, 3.8) is 0 Å². The number of anilines is 1. The third-order valence-corrected chi connectivity index (χ3v) is 6.27. The van der Waals surface area contributed by atoms with Crippen LogP contribution in [0.4, 0.5) is 5.82 Å². The van der Waals surface area contributed by atoms with Gasteiger partial charge in [0.2, 0.25) is 5.91 Å². The Labute approximate surface area is 158 Å². The molecule has 7 nitrogen and oxygen atoms in total. The van der Waals surface area contributed by atoms with E-state index in [2.05, 4.69) is 32.9 Å². The topological polar surface area (TPSA) is 80.5 Å². The van der Waals surface area contributed by atoms with E-state index in [-0.39, 0.29) is 23.5 Å². The fraction of sp³-hybridized carbons (Fsp3) is 0.550. The summed E-state index contributed by atoms with van der Waals surface area (Å²) in [5.74, 6) is 1.58. The van der Waals surface area contributed by atoms with Gasteiger partial charge >= 0.3 is 0 Å². The van der Waals surface area contributed by atoms with E-state index >= 15 is 0 Å². The van der Waals surface area contributed by atoms with E-state index in [9.17, 15) is 4.79 Å². The minimum atomic E-state index is -0.336. The third-order valence-electron chi connectivity index (χ3n) is 6.27. The predicted octanol–water partition coefficient (Wildman–Crippen LogP) is 2.16. The van der Waals surface area contributed by atoms with Crippen LogP contribution in [-0.2, 0) is 9.53 Å².